The largest absolute Gasteiger partial charge is 0.384 e. The molecule has 2 N–H and O–H groups in total. The molecule has 0 spiro atoms. The molecule has 0 aromatic heterocycles. The van der Waals surface area contributed by atoms with Gasteiger partial charge in [0.2, 0.25) is 5.91 Å². The molecule has 1 aromatic rings. The lowest BCUT2D eigenvalue weighted by Gasteiger charge is -2.37. The van der Waals surface area contributed by atoms with Gasteiger partial charge < -0.3 is 15.4 Å². The number of hydrogen-bond acceptors (Lipinski definition) is 3. The van der Waals surface area contributed by atoms with Crippen LogP contribution < -0.4 is 10.6 Å². The van der Waals surface area contributed by atoms with Crippen LogP contribution in [0.1, 0.15) is 18.4 Å². The van der Waals surface area contributed by atoms with Crippen molar-refractivity contribution in [1.82, 2.24) is 10.6 Å². The zero-order valence-corrected chi connectivity index (χ0v) is 15.5. The zero-order valence-electron chi connectivity index (χ0n) is 13.2. The van der Waals surface area contributed by atoms with E-state index in [0.29, 0.717) is 23.2 Å². The van der Waals surface area contributed by atoms with Gasteiger partial charge >= 0.3 is 0 Å². The average molecular weight is 382 g/mol. The van der Waals surface area contributed by atoms with E-state index >= 15 is 0 Å². The van der Waals surface area contributed by atoms with Gasteiger partial charge in [-0.1, -0.05) is 23.2 Å². The van der Waals surface area contributed by atoms with Gasteiger partial charge in [0.15, 0.2) is 0 Å². The summed E-state index contributed by atoms with van der Waals surface area (Å²) in [7, 11) is 1.71. The second kappa shape index (κ2) is 9.70. The molecule has 1 fully saturated rings. The maximum absolute atomic E-state index is 12.2. The number of rotatable bonds is 6. The molecule has 1 amide bonds. The highest BCUT2D eigenvalue weighted by Crippen LogP contribution is 2.28. The highest BCUT2D eigenvalue weighted by molar-refractivity contribution is 6.33. The van der Waals surface area contributed by atoms with Crippen LogP contribution in [0.15, 0.2) is 18.2 Å². The second-order valence-electron chi connectivity index (χ2n) is 5.87. The van der Waals surface area contributed by atoms with Crippen LogP contribution in [0.4, 0.5) is 0 Å². The Morgan fingerprint density at radius 1 is 1.35 bits per heavy atom. The van der Waals surface area contributed by atoms with Crippen LogP contribution >= 0.6 is 35.6 Å². The molecule has 1 aliphatic rings. The third-order valence-electron chi connectivity index (χ3n) is 4.13. The van der Waals surface area contributed by atoms with E-state index in [9.17, 15) is 4.79 Å². The maximum atomic E-state index is 12.2. The minimum atomic E-state index is -0.0434. The number of benzene rings is 1. The van der Waals surface area contributed by atoms with Crippen LogP contribution in [0.25, 0.3) is 0 Å². The molecule has 7 heteroatoms. The number of halogens is 3. The predicted octanol–water partition coefficient (Wildman–Crippen LogP) is 3.09. The van der Waals surface area contributed by atoms with E-state index in [0.717, 1.165) is 31.5 Å². The number of ether oxygens (including phenoxy) is 1. The monoisotopic (exact) mass is 380 g/mol. The van der Waals surface area contributed by atoms with E-state index in [-0.39, 0.29) is 30.2 Å². The Kier molecular flexibility index (Phi) is 8.65. The fourth-order valence-corrected chi connectivity index (χ4v) is 3.21. The molecule has 1 aliphatic heterocycles. The fraction of sp³-hybridized carbons (Fsp3) is 0.562. The number of amides is 1. The first kappa shape index (κ1) is 20.5. The molecule has 23 heavy (non-hydrogen) atoms. The number of nitrogens with one attached hydrogen (secondary N) is 2. The molecule has 0 bridgehead atoms. The molecule has 1 saturated heterocycles. The van der Waals surface area contributed by atoms with E-state index in [1.54, 1.807) is 25.3 Å². The summed E-state index contributed by atoms with van der Waals surface area (Å²) < 4.78 is 5.35. The summed E-state index contributed by atoms with van der Waals surface area (Å²) in [6, 6.07) is 5.17. The lowest BCUT2D eigenvalue weighted by atomic mass is 9.79. The van der Waals surface area contributed by atoms with Gasteiger partial charge in [-0.2, -0.15) is 0 Å². The smallest absolute Gasteiger partial charge is 0.224 e. The molecule has 0 unspecified atom stereocenters. The van der Waals surface area contributed by atoms with Gasteiger partial charge in [-0.05, 0) is 49.7 Å². The summed E-state index contributed by atoms with van der Waals surface area (Å²) >= 11 is 12.0. The first-order chi connectivity index (χ1) is 10.5. The zero-order chi connectivity index (χ0) is 16.0. The number of carbonyl (C=O) groups is 1. The maximum Gasteiger partial charge on any atom is 0.224 e. The van der Waals surface area contributed by atoms with Crippen LogP contribution in [-0.2, 0) is 16.0 Å². The molecule has 2 rings (SSSR count). The first-order valence-electron chi connectivity index (χ1n) is 7.45. The van der Waals surface area contributed by atoms with Crippen molar-refractivity contribution in [1.29, 1.82) is 0 Å². The summed E-state index contributed by atoms with van der Waals surface area (Å²) in [6.07, 6.45) is 2.23. The summed E-state index contributed by atoms with van der Waals surface area (Å²) in [6.45, 7) is 3.20. The summed E-state index contributed by atoms with van der Waals surface area (Å²) in [5.41, 5.74) is 0.770. The van der Waals surface area contributed by atoms with Crippen LogP contribution in [0, 0.1) is 5.41 Å². The Labute approximate surface area is 153 Å². The van der Waals surface area contributed by atoms with Gasteiger partial charge in [-0.15, -0.1) is 12.4 Å². The van der Waals surface area contributed by atoms with Crippen molar-refractivity contribution in [2.24, 2.45) is 5.41 Å². The van der Waals surface area contributed by atoms with Gasteiger partial charge in [0.1, 0.15) is 0 Å². The Morgan fingerprint density at radius 2 is 2.04 bits per heavy atom. The fourth-order valence-electron chi connectivity index (χ4n) is 2.84. The second-order valence-corrected chi connectivity index (χ2v) is 6.72. The molecule has 130 valence electrons. The Balaban J connectivity index is 0.00000264. The summed E-state index contributed by atoms with van der Waals surface area (Å²) in [5.74, 6) is -0.0434. The molecular formula is C16H23Cl3N2O2. The third kappa shape index (κ3) is 6.12. The first-order valence-corrected chi connectivity index (χ1v) is 8.20. The molecule has 0 aliphatic carbocycles. The van der Waals surface area contributed by atoms with E-state index in [1.807, 2.05) is 0 Å². The van der Waals surface area contributed by atoms with Gasteiger partial charge in [0.25, 0.3) is 0 Å². The van der Waals surface area contributed by atoms with Gasteiger partial charge in [0, 0.05) is 29.1 Å². The standard InChI is InChI=1S/C16H22Cl2N2O2.ClH/c1-22-11-16(4-6-19-7-5-16)10-20-15(21)9-12-8-13(17)2-3-14(12)18;/h2-3,8,19H,4-7,9-11H2,1H3,(H,20,21);1H. The molecule has 4 nitrogen and oxygen atoms in total. The van der Waals surface area contributed by atoms with Crippen molar-refractivity contribution in [3.63, 3.8) is 0 Å². The number of hydrogen-bond donors (Lipinski definition) is 2. The van der Waals surface area contributed by atoms with E-state index in [1.165, 1.54) is 0 Å². The summed E-state index contributed by atoms with van der Waals surface area (Å²) in [5, 5.41) is 7.51. The lowest BCUT2D eigenvalue weighted by molar-refractivity contribution is -0.121. The van der Waals surface area contributed by atoms with Crippen molar-refractivity contribution in [2.75, 3.05) is 33.4 Å². The molecule has 1 aromatic carbocycles. The minimum absolute atomic E-state index is 0. The van der Waals surface area contributed by atoms with Crippen LogP contribution in [0.2, 0.25) is 10.0 Å². The van der Waals surface area contributed by atoms with Gasteiger partial charge in [-0.25, -0.2) is 0 Å². The highest BCUT2D eigenvalue weighted by Gasteiger charge is 2.32. The third-order valence-corrected chi connectivity index (χ3v) is 4.74. The van der Waals surface area contributed by atoms with Gasteiger partial charge in [0.05, 0.1) is 13.0 Å². The number of methoxy groups -OCH3 is 1. The van der Waals surface area contributed by atoms with Gasteiger partial charge in [-0.3, -0.25) is 4.79 Å². The predicted molar refractivity (Wildman–Crippen MR) is 96.8 cm³/mol. The summed E-state index contributed by atoms with van der Waals surface area (Å²) in [4.78, 5) is 12.2. The highest BCUT2D eigenvalue weighted by atomic mass is 35.5. The average Bonchev–Trinajstić information content (AvgIpc) is 2.50. The van der Waals surface area contributed by atoms with E-state index < -0.39 is 0 Å². The van der Waals surface area contributed by atoms with Crippen LogP contribution in [-0.4, -0.2) is 39.3 Å². The Hall–Kier alpha value is -0.520. The molecule has 0 radical (unpaired) electrons. The van der Waals surface area contributed by atoms with Crippen molar-refractivity contribution in [2.45, 2.75) is 19.3 Å². The van der Waals surface area contributed by atoms with Crippen molar-refractivity contribution in [3.8, 4) is 0 Å². The molecule has 0 atom stereocenters. The minimum Gasteiger partial charge on any atom is -0.384 e. The van der Waals surface area contributed by atoms with Crippen LogP contribution in [0.3, 0.4) is 0 Å². The van der Waals surface area contributed by atoms with Crippen molar-refractivity contribution < 1.29 is 9.53 Å². The van der Waals surface area contributed by atoms with Crippen molar-refractivity contribution >= 4 is 41.5 Å². The normalized spacial score (nSPS) is 16.5. The van der Waals surface area contributed by atoms with E-state index in [4.69, 9.17) is 27.9 Å². The lowest BCUT2D eigenvalue weighted by Crippen LogP contribution is -2.47. The molecular weight excluding hydrogens is 359 g/mol. The molecule has 0 saturated carbocycles. The van der Waals surface area contributed by atoms with E-state index in [2.05, 4.69) is 10.6 Å². The van der Waals surface area contributed by atoms with Crippen molar-refractivity contribution in [3.05, 3.63) is 33.8 Å². The van der Waals surface area contributed by atoms with Crippen LogP contribution in [0.5, 0.6) is 0 Å². The number of piperidine rings is 1. The SMILES string of the molecule is COCC1(CNC(=O)Cc2cc(Cl)ccc2Cl)CCNCC1.Cl. The topological polar surface area (TPSA) is 50.4 Å². The Bertz CT molecular complexity index is 515. The Morgan fingerprint density at radius 3 is 2.70 bits per heavy atom. The number of carbonyl (C=O) groups excluding carboxylic acids is 1. The molecule has 1 heterocycles. The quantitative estimate of drug-likeness (QED) is 0.796.